The lowest BCUT2D eigenvalue weighted by molar-refractivity contribution is 0.506. The SMILES string of the molecule is CCCNC(Cc1c(Br)c(C)nn1CC)c1sccc1C. The van der Waals surface area contributed by atoms with Crippen molar-refractivity contribution in [2.75, 3.05) is 6.54 Å². The molecule has 0 aliphatic heterocycles. The first-order chi connectivity index (χ1) is 10.1. The molecule has 0 spiro atoms. The van der Waals surface area contributed by atoms with Gasteiger partial charge in [0.1, 0.15) is 0 Å². The number of halogens is 1. The van der Waals surface area contributed by atoms with Gasteiger partial charge < -0.3 is 5.32 Å². The zero-order valence-corrected chi connectivity index (χ0v) is 15.6. The Kier molecular flexibility index (Phi) is 6.02. The lowest BCUT2D eigenvalue weighted by Crippen LogP contribution is -2.25. The van der Waals surface area contributed by atoms with Crippen molar-refractivity contribution in [2.24, 2.45) is 0 Å². The maximum Gasteiger partial charge on any atom is 0.0738 e. The summed E-state index contributed by atoms with van der Waals surface area (Å²) in [7, 11) is 0. The number of rotatable bonds is 7. The molecule has 116 valence electrons. The summed E-state index contributed by atoms with van der Waals surface area (Å²) in [5, 5.41) is 10.5. The second kappa shape index (κ2) is 7.56. The van der Waals surface area contributed by atoms with Gasteiger partial charge in [0.2, 0.25) is 0 Å². The monoisotopic (exact) mass is 369 g/mol. The third kappa shape index (κ3) is 3.76. The van der Waals surface area contributed by atoms with Crippen LogP contribution in [0.5, 0.6) is 0 Å². The van der Waals surface area contributed by atoms with Crippen molar-refractivity contribution >= 4 is 27.3 Å². The Morgan fingerprint density at radius 1 is 1.38 bits per heavy atom. The highest BCUT2D eigenvalue weighted by atomic mass is 79.9. The average Bonchev–Trinajstić information content (AvgIpc) is 3.01. The van der Waals surface area contributed by atoms with Gasteiger partial charge >= 0.3 is 0 Å². The second-order valence-corrected chi connectivity index (χ2v) is 7.08. The minimum absolute atomic E-state index is 0.364. The number of hydrogen-bond acceptors (Lipinski definition) is 3. The van der Waals surface area contributed by atoms with Gasteiger partial charge in [-0.1, -0.05) is 6.92 Å². The van der Waals surface area contributed by atoms with Crippen molar-refractivity contribution in [1.29, 1.82) is 0 Å². The summed E-state index contributed by atoms with van der Waals surface area (Å²) in [6, 6.07) is 2.57. The molecule has 0 aliphatic rings. The lowest BCUT2D eigenvalue weighted by Gasteiger charge is -2.19. The van der Waals surface area contributed by atoms with Crippen molar-refractivity contribution in [3.63, 3.8) is 0 Å². The Morgan fingerprint density at radius 2 is 2.14 bits per heavy atom. The molecule has 2 rings (SSSR count). The Hall–Kier alpha value is -0.650. The Morgan fingerprint density at radius 3 is 2.71 bits per heavy atom. The molecule has 0 fully saturated rings. The van der Waals surface area contributed by atoms with Crippen LogP contribution >= 0.6 is 27.3 Å². The molecule has 2 aromatic rings. The summed E-state index contributed by atoms with van der Waals surface area (Å²) in [4.78, 5) is 1.44. The van der Waals surface area contributed by atoms with Crippen LogP contribution in [0.3, 0.4) is 0 Å². The van der Waals surface area contributed by atoms with E-state index in [0.29, 0.717) is 6.04 Å². The molecule has 21 heavy (non-hydrogen) atoms. The molecule has 1 N–H and O–H groups in total. The summed E-state index contributed by atoms with van der Waals surface area (Å²) >= 11 is 5.56. The minimum atomic E-state index is 0.364. The van der Waals surface area contributed by atoms with E-state index in [4.69, 9.17) is 0 Å². The van der Waals surface area contributed by atoms with E-state index in [1.165, 1.54) is 16.1 Å². The normalized spacial score (nSPS) is 12.8. The summed E-state index contributed by atoms with van der Waals surface area (Å²) in [6.45, 7) is 10.6. The topological polar surface area (TPSA) is 29.9 Å². The van der Waals surface area contributed by atoms with Gasteiger partial charge in [0.15, 0.2) is 0 Å². The van der Waals surface area contributed by atoms with E-state index in [-0.39, 0.29) is 0 Å². The molecule has 1 unspecified atom stereocenters. The smallest absolute Gasteiger partial charge is 0.0738 e. The number of aromatic nitrogens is 2. The molecule has 0 saturated heterocycles. The fourth-order valence-electron chi connectivity index (χ4n) is 2.57. The molecule has 2 aromatic heterocycles. The van der Waals surface area contributed by atoms with E-state index >= 15 is 0 Å². The van der Waals surface area contributed by atoms with Crippen LogP contribution < -0.4 is 5.32 Å². The first-order valence-electron chi connectivity index (χ1n) is 7.57. The van der Waals surface area contributed by atoms with Gasteiger partial charge in [-0.25, -0.2) is 0 Å². The average molecular weight is 370 g/mol. The highest BCUT2D eigenvalue weighted by Gasteiger charge is 2.20. The molecule has 0 amide bonds. The molecule has 0 saturated carbocycles. The Labute approximate surface area is 139 Å². The van der Waals surface area contributed by atoms with E-state index in [9.17, 15) is 0 Å². The maximum absolute atomic E-state index is 4.61. The van der Waals surface area contributed by atoms with E-state index in [1.54, 1.807) is 0 Å². The minimum Gasteiger partial charge on any atom is -0.309 e. The van der Waals surface area contributed by atoms with E-state index in [1.807, 2.05) is 11.3 Å². The molecule has 0 radical (unpaired) electrons. The van der Waals surface area contributed by atoms with Gasteiger partial charge in [-0.15, -0.1) is 11.3 Å². The molecule has 3 nitrogen and oxygen atoms in total. The third-order valence-corrected chi connectivity index (χ3v) is 5.87. The van der Waals surface area contributed by atoms with Crippen LogP contribution in [0.25, 0.3) is 0 Å². The molecule has 1 atom stereocenters. The first kappa shape index (κ1) is 16.7. The first-order valence-corrected chi connectivity index (χ1v) is 9.24. The fraction of sp³-hybridized carbons (Fsp3) is 0.562. The van der Waals surface area contributed by atoms with Crippen LogP contribution in [-0.4, -0.2) is 16.3 Å². The zero-order chi connectivity index (χ0) is 15.4. The molecule has 5 heteroatoms. The molecule has 0 aliphatic carbocycles. The van der Waals surface area contributed by atoms with Crippen LogP contribution in [0.2, 0.25) is 0 Å². The Balaban J connectivity index is 2.29. The van der Waals surface area contributed by atoms with E-state index < -0.39 is 0 Å². The maximum atomic E-state index is 4.61. The summed E-state index contributed by atoms with van der Waals surface area (Å²) < 4.78 is 3.27. The van der Waals surface area contributed by atoms with Crippen molar-refractivity contribution in [3.8, 4) is 0 Å². The van der Waals surface area contributed by atoms with Crippen LogP contribution in [-0.2, 0) is 13.0 Å². The van der Waals surface area contributed by atoms with Crippen LogP contribution in [0.15, 0.2) is 15.9 Å². The van der Waals surface area contributed by atoms with Gasteiger partial charge in [0, 0.05) is 23.9 Å². The summed E-state index contributed by atoms with van der Waals surface area (Å²) in [5.41, 5.74) is 3.74. The highest BCUT2D eigenvalue weighted by Crippen LogP contribution is 2.30. The molecular formula is C16H24BrN3S. The molecule has 0 aromatic carbocycles. The number of hydrogen-bond donors (Lipinski definition) is 1. The highest BCUT2D eigenvalue weighted by molar-refractivity contribution is 9.10. The molecular weight excluding hydrogens is 346 g/mol. The second-order valence-electron chi connectivity index (χ2n) is 5.34. The largest absolute Gasteiger partial charge is 0.309 e. The lowest BCUT2D eigenvalue weighted by atomic mass is 10.1. The number of aryl methyl sites for hydroxylation is 3. The van der Waals surface area contributed by atoms with Crippen LogP contribution in [0.1, 0.15) is 48.1 Å². The van der Waals surface area contributed by atoms with E-state index in [0.717, 1.165) is 36.1 Å². The van der Waals surface area contributed by atoms with Gasteiger partial charge in [0.25, 0.3) is 0 Å². The van der Waals surface area contributed by atoms with Crippen molar-refractivity contribution in [3.05, 3.63) is 37.7 Å². The van der Waals surface area contributed by atoms with E-state index in [2.05, 4.69) is 70.2 Å². The van der Waals surface area contributed by atoms with Gasteiger partial charge in [0.05, 0.1) is 15.9 Å². The molecule has 0 bridgehead atoms. The standard InChI is InChI=1S/C16H24BrN3S/c1-5-8-18-13(16-11(3)7-9-21-16)10-14-15(17)12(4)19-20(14)6-2/h7,9,13,18H,5-6,8,10H2,1-4H3. The zero-order valence-electron chi connectivity index (χ0n) is 13.2. The summed E-state index contributed by atoms with van der Waals surface area (Å²) in [5.74, 6) is 0. The number of nitrogens with zero attached hydrogens (tertiary/aromatic N) is 2. The quantitative estimate of drug-likeness (QED) is 0.770. The van der Waals surface area contributed by atoms with Crippen LogP contribution in [0.4, 0.5) is 0 Å². The number of thiophene rings is 1. The van der Waals surface area contributed by atoms with Crippen molar-refractivity contribution in [2.45, 2.75) is 53.1 Å². The van der Waals surface area contributed by atoms with Gasteiger partial charge in [-0.05, 0) is 66.7 Å². The predicted molar refractivity (Wildman–Crippen MR) is 94.1 cm³/mol. The fourth-order valence-corrected chi connectivity index (χ4v) is 4.02. The molecule has 2 heterocycles. The van der Waals surface area contributed by atoms with Gasteiger partial charge in [-0.3, -0.25) is 4.68 Å². The third-order valence-electron chi connectivity index (χ3n) is 3.71. The van der Waals surface area contributed by atoms with Crippen LogP contribution in [0, 0.1) is 13.8 Å². The van der Waals surface area contributed by atoms with Gasteiger partial charge in [-0.2, -0.15) is 5.10 Å². The number of nitrogens with one attached hydrogen (secondary N) is 1. The van der Waals surface area contributed by atoms with Crippen molar-refractivity contribution in [1.82, 2.24) is 15.1 Å². The predicted octanol–water partition coefficient (Wildman–Crippen LogP) is 4.63. The van der Waals surface area contributed by atoms with Crippen molar-refractivity contribution < 1.29 is 0 Å². The Bertz CT molecular complexity index is 588. The summed E-state index contributed by atoms with van der Waals surface area (Å²) in [6.07, 6.45) is 2.12.